The third-order valence-corrected chi connectivity index (χ3v) is 4.34. The SMILES string of the molecule is O=C(O)[C@H]1C[C@@H](O)CN1C(=O)C1CC(=O)N(C2CC2)C1. The van der Waals surface area contributed by atoms with Crippen molar-refractivity contribution in [2.24, 2.45) is 5.92 Å². The van der Waals surface area contributed by atoms with Crippen LogP contribution in [0, 0.1) is 5.92 Å². The van der Waals surface area contributed by atoms with Gasteiger partial charge in [-0.2, -0.15) is 0 Å². The molecule has 3 rings (SSSR count). The summed E-state index contributed by atoms with van der Waals surface area (Å²) in [6, 6.07) is -0.692. The van der Waals surface area contributed by atoms with Gasteiger partial charge in [0, 0.05) is 32.0 Å². The van der Waals surface area contributed by atoms with Crippen LogP contribution in [-0.4, -0.2) is 69.1 Å². The quantitative estimate of drug-likeness (QED) is 0.695. The molecule has 2 N–H and O–H groups in total. The minimum absolute atomic E-state index is 0.0162. The van der Waals surface area contributed by atoms with Gasteiger partial charge in [0.05, 0.1) is 12.0 Å². The van der Waals surface area contributed by atoms with Crippen LogP contribution in [0.2, 0.25) is 0 Å². The molecule has 20 heavy (non-hydrogen) atoms. The van der Waals surface area contributed by atoms with Crippen molar-refractivity contribution in [1.29, 1.82) is 0 Å². The van der Waals surface area contributed by atoms with E-state index in [0.29, 0.717) is 6.54 Å². The van der Waals surface area contributed by atoms with E-state index in [9.17, 15) is 19.5 Å². The summed E-state index contributed by atoms with van der Waals surface area (Å²) in [7, 11) is 0. The third-order valence-electron chi connectivity index (χ3n) is 4.34. The number of rotatable bonds is 3. The summed E-state index contributed by atoms with van der Waals surface area (Å²) in [5.74, 6) is -1.89. The number of hydrogen-bond acceptors (Lipinski definition) is 4. The van der Waals surface area contributed by atoms with Gasteiger partial charge in [-0.3, -0.25) is 9.59 Å². The number of aliphatic hydroxyl groups excluding tert-OH is 1. The number of likely N-dealkylation sites (tertiary alicyclic amines) is 2. The Labute approximate surface area is 116 Å². The molecule has 2 heterocycles. The fourth-order valence-electron chi connectivity index (χ4n) is 3.16. The van der Waals surface area contributed by atoms with Crippen LogP contribution < -0.4 is 0 Å². The number of β-amino-alcohol motifs (C(OH)–C–C–N with tert-alkyl or cyclic N) is 1. The third kappa shape index (κ3) is 2.26. The van der Waals surface area contributed by atoms with E-state index in [0.717, 1.165) is 12.8 Å². The van der Waals surface area contributed by atoms with Gasteiger partial charge in [0.1, 0.15) is 6.04 Å². The molecule has 1 aliphatic carbocycles. The molecule has 3 atom stereocenters. The monoisotopic (exact) mass is 282 g/mol. The van der Waals surface area contributed by atoms with Crippen LogP contribution in [0.4, 0.5) is 0 Å². The van der Waals surface area contributed by atoms with Crippen LogP contribution >= 0.6 is 0 Å². The molecule has 0 aromatic heterocycles. The average molecular weight is 282 g/mol. The number of carbonyl (C=O) groups excluding carboxylic acids is 2. The summed E-state index contributed by atoms with van der Waals surface area (Å²) >= 11 is 0. The molecule has 7 heteroatoms. The zero-order valence-electron chi connectivity index (χ0n) is 11.1. The number of aliphatic hydroxyl groups is 1. The fourth-order valence-corrected chi connectivity index (χ4v) is 3.16. The van der Waals surface area contributed by atoms with Gasteiger partial charge >= 0.3 is 5.97 Å². The lowest BCUT2D eigenvalue weighted by Gasteiger charge is -2.24. The van der Waals surface area contributed by atoms with E-state index in [1.165, 1.54) is 4.90 Å². The molecule has 2 amide bonds. The minimum atomic E-state index is -1.10. The molecule has 7 nitrogen and oxygen atoms in total. The van der Waals surface area contributed by atoms with Crippen LogP contribution in [0.3, 0.4) is 0 Å². The standard InChI is InChI=1S/C13H18N2O5/c16-9-4-10(13(19)20)15(6-9)12(18)7-3-11(17)14(5-7)8-1-2-8/h7-10,16H,1-6H2,(H,19,20)/t7?,9-,10-/m1/s1. The maximum absolute atomic E-state index is 12.4. The zero-order valence-corrected chi connectivity index (χ0v) is 11.1. The topological polar surface area (TPSA) is 98.1 Å². The number of carboxylic acid groups (broad SMARTS) is 1. The Balaban J connectivity index is 1.69. The van der Waals surface area contributed by atoms with Crippen molar-refractivity contribution in [3.63, 3.8) is 0 Å². The van der Waals surface area contributed by atoms with Gasteiger partial charge < -0.3 is 20.0 Å². The van der Waals surface area contributed by atoms with E-state index in [2.05, 4.69) is 0 Å². The first kappa shape index (κ1) is 13.4. The summed E-state index contributed by atoms with van der Waals surface area (Å²) in [6.07, 6.45) is 1.42. The molecular formula is C13H18N2O5. The fraction of sp³-hybridized carbons (Fsp3) is 0.769. The number of amides is 2. The molecule has 110 valence electrons. The Bertz CT molecular complexity index is 462. The largest absolute Gasteiger partial charge is 0.480 e. The maximum Gasteiger partial charge on any atom is 0.326 e. The number of aliphatic carboxylic acids is 1. The summed E-state index contributed by atoms with van der Waals surface area (Å²) < 4.78 is 0. The molecule has 2 saturated heterocycles. The van der Waals surface area contributed by atoms with E-state index in [4.69, 9.17) is 5.11 Å². The Kier molecular flexibility index (Phi) is 3.16. The van der Waals surface area contributed by atoms with E-state index < -0.39 is 24.0 Å². The molecule has 1 unspecified atom stereocenters. The lowest BCUT2D eigenvalue weighted by atomic mass is 10.1. The van der Waals surface area contributed by atoms with Crippen LogP contribution in [0.1, 0.15) is 25.7 Å². The van der Waals surface area contributed by atoms with Crippen molar-refractivity contribution in [3.05, 3.63) is 0 Å². The van der Waals surface area contributed by atoms with Crippen LogP contribution in [0.25, 0.3) is 0 Å². The second kappa shape index (κ2) is 4.73. The lowest BCUT2D eigenvalue weighted by Crippen LogP contribution is -2.44. The first-order valence-electron chi connectivity index (χ1n) is 6.98. The summed E-state index contributed by atoms with van der Waals surface area (Å²) in [5.41, 5.74) is 0. The highest BCUT2D eigenvalue weighted by molar-refractivity contribution is 5.92. The summed E-state index contributed by atoms with van der Waals surface area (Å²) in [4.78, 5) is 38.4. The first-order valence-corrected chi connectivity index (χ1v) is 6.98. The van der Waals surface area contributed by atoms with Gasteiger partial charge in [0.2, 0.25) is 11.8 Å². The molecule has 0 aromatic rings. The zero-order chi connectivity index (χ0) is 14.4. The Hall–Kier alpha value is -1.63. The molecule has 3 fully saturated rings. The van der Waals surface area contributed by atoms with Crippen LogP contribution in [0.5, 0.6) is 0 Å². The van der Waals surface area contributed by atoms with Gasteiger partial charge in [-0.25, -0.2) is 4.79 Å². The average Bonchev–Trinajstić information content (AvgIpc) is 3.04. The van der Waals surface area contributed by atoms with Gasteiger partial charge in [-0.1, -0.05) is 0 Å². The summed E-state index contributed by atoms with van der Waals surface area (Å²) in [6.45, 7) is 0.436. The lowest BCUT2D eigenvalue weighted by molar-refractivity contribution is -0.149. The van der Waals surface area contributed by atoms with Crippen molar-refractivity contribution in [1.82, 2.24) is 9.80 Å². The van der Waals surface area contributed by atoms with E-state index >= 15 is 0 Å². The number of nitrogens with zero attached hydrogens (tertiary/aromatic N) is 2. The number of carbonyl (C=O) groups is 3. The number of carboxylic acids is 1. The minimum Gasteiger partial charge on any atom is -0.480 e. The molecule has 3 aliphatic rings. The van der Waals surface area contributed by atoms with Crippen LogP contribution in [0.15, 0.2) is 0 Å². The van der Waals surface area contributed by atoms with Crippen LogP contribution in [-0.2, 0) is 14.4 Å². The second-order valence-corrected chi connectivity index (χ2v) is 5.91. The molecule has 0 bridgehead atoms. The maximum atomic E-state index is 12.4. The van der Waals surface area contributed by atoms with Crippen molar-refractivity contribution in [3.8, 4) is 0 Å². The highest BCUT2D eigenvalue weighted by Crippen LogP contribution is 2.34. The molecule has 0 radical (unpaired) electrons. The Morgan fingerprint density at radius 1 is 1.20 bits per heavy atom. The van der Waals surface area contributed by atoms with Crippen molar-refractivity contribution in [2.45, 2.75) is 43.9 Å². The van der Waals surface area contributed by atoms with Gasteiger partial charge in [-0.15, -0.1) is 0 Å². The Morgan fingerprint density at radius 2 is 1.90 bits per heavy atom. The van der Waals surface area contributed by atoms with Crippen molar-refractivity contribution < 1.29 is 24.6 Å². The van der Waals surface area contributed by atoms with E-state index in [1.807, 2.05) is 0 Å². The molecule has 0 spiro atoms. The van der Waals surface area contributed by atoms with Crippen molar-refractivity contribution >= 4 is 17.8 Å². The molecular weight excluding hydrogens is 264 g/mol. The van der Waals surface area contributed by atoms with E-state index in [-0.39, 0.29) is 37.2 Å². The predicted octanol–water partition coefficient (Wildman–Crippen LogP) is -0.956. The predicted molar refractivity (Wildman–Crippen MR) is 66.6 cm³/mol. The molecule has 2 aliphatic heterocycles. The Morgan fingerprint density at radius 3 is 2.50 bits per heavy atom. The number of hydrogen-bond donors (Lipinski definition) is 2. The van der Waals surface area contributed by atoms with Crippen molar-refractivity contribution in [2.75, 3.05) is 13.1 Å². The second-order valence-electron chi connectivity index (χ2n) is 5.91. The highest BCUT2D eigenvalue weighted by Gasteiger charge is 2.46. The molecule has 1 saturated carbocycles. The van der Waals surface area contributed by atoms with Gasteiger partial charge in [0.15, 0.2) is 0 Å². The summed E-state index contributed by atoms with van der Waals surface area (Å²) in [5, 5.41) is 18.7. The van der Waals surface area contributed by atoms with Gasteiger partial charge in [0.25, 0.3) is 0 Å². The van der Waals surface area contributed by atoms with Gasteiger partial charge in [-0.05, 0) is 12.8 Å². The normalized spacial score (nSPS) is 33.9. The molecule has 0 aromatic carbocycles. The highest BCUT2D eigenvalue weighted by atomic mass is 16.4. The van der Waals surface area contributed by atoms with E-state index in [1.54, 1.807) is 4.90 Å². The smallest absolute Gasteiger partial charge is 0.326 e. The first-order chi connectivity index (χ1) is 9.47.